The van der Waals surface area contributed by atoms with E-state index in [1.54, 1.807) is 6.07 Å². The monoisotopic (exact) mass is 294 g/mol. The van der Waals surface area contributed by atoms with E-state index in [0.29, 0.717) is 29.3 Å². The Morgan fingerprint density at radius 1 is 1.41 bits per heavy atom. The molecule has 0 bridgehead atoms. The number of nitrogens with zero attached hydrogens (tertiary/aromatic N) is 2. The molecule has 0 aliphatic carbocycles. The molecule has 110 valence electrons. The molecule has 1 unspecified atom stereocenters. The molecule has 3 rings (SSSR count). The second-order valence-corrected chi connectivity index (χ2v) is 5.00. The maximum absolute atomic E-state index is 13.6. The van der Waals surface area contributed by atoms with E-state index < -0.39 is 0 Å². The van der Waals surface area contributed by atoms with Gasteiger partial charge in [-0.05, 0) is 37.3 Å². The number of hydrogen-bond donors (Lipinski definition) is 2. The predicted octanol–water partition coefficient (Wildman–Crippen LogP) is 2.65. The molecule has 1 atom stereocenters. The van der Waals surface area contributed by atoms with Crippen molar-refractivity contribution in [2.24, 2.45) is 9.98 Å². The number of rotatable bonds is 2. The molecule has 1 aliphatic rings. The minimum atomic E-state index is -0.318. The highest BCUT2D eigenvalue weighted by atomic mass is 19.1. The summed E-state index contributed by atoms with van der Waals surface area (Å²) in [6.45, 7) is 2.23. The van der Waals surface area contributed by atoms with Gasteiger partial charge >= 0.3 is 0 Å². The van der Waals surface area contributed by atoms with Crippen molar-refractivity contribution in [3.8, 4) is 12.3 Å². The van der Waals surface area contributed by atoms with Crippen molar-refractivity contribution >= 4 is 17.2 Å². The summed E-state index contributed by atoms with van der Waals surface area (Å²) in [5, 5.41) is 3.13. The van der Waals surface area contributed by atoms with Crippen LogP contribution in [0.3, 0.4) is 0 Å². The van der Waals surface area contributed by atoms with Crippen molar-refractivity contribution in [3.63, 3.8) is 0 Å². The molecule has 0 spiro atoms. The van der Waals surface area contributed by atoms with E-state index in [0.717, 1.165) is 5.69 Å². The summed E-state index contributed by atoms with van der Waals surface area (Å²) in [6.07, 6.45) is 7.20. The summed E-state index contributed by atoms with van der Waals surface area (Å²) >= 11 is 0. The van der Waals surface area contributed by atoms with Crippen molar-refractivity contribution < 1.29 is 4.39 Å². The van der Waals surface area contributed by atoms with E-state index in [-0.39, 0.29) is 11.9 Å². The number of hydrogen-bond acceptors (Lipinski definition) is 3. The van der Waals surface area contributed by atoms with E-state index >= 15 is 0 Å². The number of terminal acetylenes is 1. The van der Waals surface area contributed by atoms with Gasteiger partial charge in [-0.1, -0.05) is 5.92 Å². The van der Waals surface area contributed by atoms with Crippen LogP contribution in [0.5, 0.6) is 0 Å². The molecule has 1 aliphatic heterocycles. The molecule has 0 fully saturated rings. The minimum absolute atomic E-state index is 0.148. The Kier molecular flexibility index (Phi) is 3.75. The lowest BCUT2D eigenvalue weighted by molar-refractivity contribution is 0.627. The molecule has 0 saturated carbocycles. The molecule has 1 aromatic carbocycles. The molecule has 2 N–H and O–H groups in total. The van der Waals surface area contributed by atoms with Crippen LogP contribution in [0, 0.1) is 18.2 Å². The molecular weight excluding hydrogens is 279 g/mol. The van der Waals surface area contributed by atoms with Crippen molar-refractivity contribution in [2.45, 2.75) is 13.0 Å². The average Bonchev–Trinajstić information content (AvgIpc) is 2.98. The first-order valence-electron chi connectivity index (χ1n) is 6.96. The zero-order valence-corrected chi connectivity index (χ0v) is 12.1. The SMILES string of the molecule is C#CC(C)NC1=Nc2ccc(F)cc2C(c2ccc[nH]2)=NC1. The van der Waals surface area contributed by atoms with Crippen LogP contribution in [-0.4, -0.2) is 29.1 Å². The van der Waals surface area contributed by atoms with E-state index in [9.17, 15) is 4.39 Å². The Morgan fingerprint density at radius 2 is 2.27 bits per heavy atom. The van der Waals surface area contributed by atoms with Crippen LogP contribution in [0.2, 0.25) is 0 Å². The highest BCUT2D eigenvalue weighted by Crippen LogP contribution is 2.25. The molecule has 2 heterocycles. The van der Waals surface area contributed by atoms with Crippen LogP contribution in [0.15, 0.2) is 46.5 Å². The summed E-state index contributed by atoms with van der Waals surface area (Å²) in [4.78, 5) is 12.2. The smallest absolute Gasteiger partial charge is 0.125 e. The molecule has 1 aromatic heterocycles. The number of aliphatic imine (C=N–C) groups is 2. The molecule has 0 saturated heterocycles. The number of fused-ring (bicyclic) bond motifs is 1. The Morgan fingerprint density at radius 3 is 3.00 bits per heavy atom. The Balaban J connectivity index is 2.08. The normalized spacial score (nSPS) is 15.0. The highest BCUT2D eigenvalue weighted by Gasteiger charge is 2.18. The fourth-order valence-corrected chi connectivity index (χ4v) is 2.29. The lowest BCUT2D eigenvalue weighted by atomic mass is 10.1. The average molecular weight is 294 g/mol. The number of nitrogens with one attached hydrogen (secondary N) is 2. The van der Waals surface area contributed by atoms with Gasteiger partial charge in [-0.25, -0.2) is 9.38 Å². The highest BCUT2D eigenvalue weighted by molar-refractivity contribution is 6.16. The molecule has 5 heteroatoms. The second-order valence-electron chi connectivity index (χ2n) is 5.00. The third-order valence-corrected chi connectivity index (χ3v) is 3.34. The van der Waals surface area contributed by atoms with E-state index in [1.165, 1.54) is 12.1 Å². The fourth-order valence-electron chi connectivity index (χ4n) is 2.29. The summed E-state index contributed by atoms with van der Waals surface area (Å²) in [6, 6.07) is 8.12. The van der Waals surface area contributed by atoms with Crippen LogP contribution in [0.1, 0.15) is 18.2 Å². The zero-order chi connectivity index (χ0) is 15.5. The number of aromatic amines is 1. The van der Waals surface area contributed by atoms with Crippen LogP contribution < -0.4 is 5.32 Å². The third kappa shape index (κ3) is 2.77. The number of benzene rings is 1. The third-order valence-electron chi connectivity index (χ3n) is 3.34. The lowest BCUT2D eigenvalue weighted by Gasteiger charge is -2.09. The Bertz CT molecular complexity index is 781. The van der Waals surface area contributed by atoms with Gasteiger partial charge in [0.05, 0.1) is 29.7 Å². The van der Waals surface area contributed by atoms with E-state index in [4.69, 9.17) is 6.42 Å². The van der Waals surface area contributed by atoms with Gasteiger partial charge in [0, 0.05) is 11.8 Å². The number of halogens is 1. The lowest BCUT2D eigenvalue weighted by Crippen LogP contribution is -2.33. The van der Waals surface area contributed by atoms with E-state index in [2.05, 4.69) is 26.2 Å². The number of H-pyrrole nitrogens is 1. The van der Waals surface area contributed by atoms with Gasteiger partial charge in [0.15, 0.2) is 0 Å². The van der Waals surface area contributed by atoms with Gasteiger partial charge in [-0.2, -0.15) is 0 Å². The summed E-state index contributed by atoms with van der Waals surface area (Å²) in [5.74, 6) is 2.95. The van der Waals surface area contributed by atoms with Crippen molar-refractivity contribution in [1.82, 2.24) is 10.3 Å². The number of aromatic nitrogens is 1. The first kappa shape index (κ1) is 14.1. The maximum atomic E-state index is 13.6. The van der Waals surface area contributed by atoms with Gasteiger partial charge in [0.1, 0.15) is 11.7 Å². The van der Waals surface area contributed by atoms with Gasteiger partial charge in [-0.3, -0.25) is 4.99 Å². The van der Waals surface area contributed by atoms with Gasteiger partial charge in [-0.15, -0.1) is 6.42 Å². The minimum Gasteiger partial charge on any atom is -0.360 e. The summed E-state index contributed by atoms with van der Waals surface area (Å²) < 4.78 is 13.6. The quantitative estimate of drug-likeness (QED) is 0.822. The van der Waals surface area contributed by atoms with Gasteiger partial charge < -0.3 is 10.3 Å². The predicted molar refractivity (Wildman–Crippen MR) is 86.2 cm³/mol. The van der Waals surface area contributed by atoms with Crippen molar-refractivity contribution in [1.29, 1.82) is 0 Å². The van der Waals surface area contributed by atoms with E-state index in [1.807, 2.05) is 25.3 Å². The summed E-state index contributed by atoms with van der Waals surface area (Å²) in [7, 11) is 0. The van der Waals surface area contributed by atoms with Gasteiger partial charge in [0.25, 0.3) is 0 Å². The molecule has 0 amide bonds. The molecule has 0 radical (unpaired) electrons. The first-order valence-corrected chi connectivity index (χ1v) is 6.96. The van der Waals surface area contributed by atoms with Crippen molar-refractivity contribution in [2.75, 3.05) is 6.54 Å². The van der Waals surface area contributed by atoms with Crippen molar-refractivity contribution in [3.05, 3.63) is 53.6 Å². The standard InChI is InChI=1S/C17H15FN4/c1-3-11(2)21-16-10-20-17(15-5-4-8-19-15)13-9-12(18)6-7-14(13)22-16/h1,4-9,11,19H,10H2,2H3,(H,21,22). The molecule has 4 nitrogen and oxygen atoms in total. The largest absolute Gasteiger partial charge is 0.360 e. The van der Waals surface area contributed by atoms with Crippen LogP contribution in [-0.2, 0) is 0 Å². The molecule has 2 aromatic rings. The molecule has 22 heavy (non-hydrogen) atoms. The topological polar surface area (TPSA) is 52.5 Å². The zero-order valence-electron chi connectivity index (χ0n) is 12.1. The van der Waals surface area contributed by atoms with Crippen LogP contribution in [0.4, 0.5) is 10.1 Å². The maximum Gasteiger partial charge on any atom is 0.125 e. The summed E-state index contributed by atoms with van der Waals surface area (Å²) in [5.41, 5.74) is 2.84. The first-order chi connectivity index (χ1) is 10.7. The Hall–Kier alpha value is -2.87. The fraction of sp³-hybridized carbons (Fsp3) is 0.176. The van der Waals surface area contributed by atoms with Crippen LogP contribution in [0.25, 0.3) is 0 Å². The molecular formula is C17H15FN4. The van der Waals surface area contributed by atoms with Gasteiger partial charge in [0.2, 0.25) is 0 Å². The Labute approximate surface area is 128 Å². The second kappa shape index (κ2) is 5.86. The number of amidine groups is 1. The van der Waals surface area contributed by atoms with Crippen LogP contribution >= 0.6 is 0 Å².